The Kier molecular flexibility index (Phi) is 3.55. The van der Waals surface area contributed by atoms with Crippen molar-refractivity contribution in [2.24, 2.45) is 5.92 Å². The van der Waals surface area contributed by atoms with Gasteiger partial charge in [0.05, 0.1) is 0 Å². The Bertz CT molecular complexity index is 435. The topological polar surface area (TPSA) is 67.1 Å². The molecule has 2 aliphatic rings. The first-order valence-corrected chi connectivity index (χ1v) is 7.27. The Morgan fingerprint density at radius 2 is 2.00 bits per heavy atom. The third-order valence-corrected chi connectivity index (χ3v) is 4.12. The molecule has 1 aromatic rings. The van der Waals surface area contributed by atoms with Crippen LogP contribution in [0.5, 0.6) is 0 Å². The van der Waals surface area contributed by atoms with Crippen LogP contribution < -0.4 is 11.1 Å². The van der Waals surface area contributed by atoms with Crippen molar-refractivity contribution in [3.8, 4) is 0 Å². The van der Waals surface area contributed by atoms with Crippen LogP contribution >= 0.6 is 0 Å². The number of hydrogen-bond acceptors (Lipinski definition) is 5. The molecular formula is C14H23N5. The van der Waals surface area contributed by atoms with Gasteiger partial charge in [-0.2, -0.15) is 0 Å². The zero-order valence-corrected chi connectivity index (χ0v) is 11.6. The van der Waals surface area contributed by atoms with Crippen LogP contribution in [0.1, 0.15) is 37.4 Å². The minimum absolute atomic E-state index is 0.549. The highest BCUT2D eigenvalue weighted by molar-refractivity contribution is 5.45. The monoisotopic (exact) mass is 261 g/mol. The van der Waals surface area contributed by atoms with Gasteiger partial charge < -0.3 is 16.0 Å². The average Bonchev–Trinajstić information content (AvgIpc) is 3.22. The predicted molar refractivity (Wildman–Crippen MR) is 77.1 cm³/mol. The number of nitrogens with two attached hydrogens (primary N) is 1. The van der Waals surface area contributed by atoms with Gasteiger partial charge in [0.25, 0.3) is 0 Å². The Balaban J connectivity index is 1.57. The van der Waals surface area contributed by atoms with Gasteiger partial charge >= 0.3 is 0 Å². The lowest BCUT2D eigenvalue weighted by Gasteiger charge is -2.29. The number of anilines is 2. The summed E-state index contributed by atoms with van der Waals surface area (Å²) in [5, 5.41) is 3.44. The lowest BCUT2D eigenvalue weighted by Crippen LogP contribution is -2.33. The summed E-state index contributed by atoms with van der Waals surface area (Å²) < 4.78 is 0. The fraction of sp³-hybridized carbons (Fsp3) is 0.714. The maximum Gasteiger partial charge on any atom is 0.136 e. The van der Waals surface area contributed by atoms with E-state index in [0.29, 0.717) is 11.7 Å². The van der Waals surface area contributed by atoms with Crippen molar-refractivity contribution < 1.29 is 0 Å². The molecule has 0 unspecified atom stereocenters. The summed E-state index contributed by atoms with van der Waals surface area (Å²) in [5.74, 6) is 3.70. The molecule has 1 aliphatic carbocycles. The fourth-order valence-electron chi connectivity index (χ4n) is 2.62. The third-order valence-electron chi connectivity index (χ3n) is 4.12. The number of likely N-dealkylation sites (tertiary alicyclic amines) is 1. The standard InChI is InChI=1S/C14H23N5/c1-19-6-4-10(5-7-19)9-16-13-8-12(15)17-14(18-13)11-2-3-11/h8,10-11H,2-7,9H2,1H3,(H3,15,16,17,18). The lowest BCUT2D eigenvalue weighted by atomic mass is 9.97. The van der Waals surface area contributed by atoms with Gasteiger partial charge in [0.2, 0.25) is 0 Å². The van der Waals surface area contributed by atoms with Crippen LogP contribution in [0.2, 0.25) is 0 Å². The first-order valence-electron chi connectivity index (χ1n) is 7.27. The van der Waals surface area contributed by atoms with Gasteiger partial charge in [-0.3, -0.25) is 0 Å². The van der Waals surface area contributed by atoms with Crippen LogP contribution in [0.15, 0.2) is 6.07 Å². The predicted octanol–water partition coefficient (Wildman–Crippen LogP) is 1.69. The number of hydrogen-bond donors (Lipinski definition) is 2. The van der Waals surface area contributed by atoms with Crippen LogP contribution in [0.4, 0.5) is 11.6 Å². The molecule has 0 aromatic carbocycles. The van der Waals surface area contributed by atoms with E-state index in [0.717, 1.165) is 24.1 Å². The molecular weight excluding hydrogens is 238 g/mol. The summed E-state index contributed by atoms with van der Waals surface area (Å²) in [6.45, 7) is 3.39. The molecule has 104 valence electrons. The smallest absolute Gasteiger partial charge is 0.136 e. The van der Waals surface area contributed by atoms with Crippen LogP contribution in [0, 0.1) is 5.92 Å². The van der Waals surface area contributed by atoms with Crippen molar-refractivity contribution in [2.45, 2.75) is 31.6 Å². The van der Waals surface area contributed by atoms with Gasteiger partial charge in [0.1, 0.15) is 17.5 Å². The Morgan fingerprint density at radius 3 is 2.68 bits per heavy atom. The zero-order valence-electron chi connectivity index (χ0n) is 11.6. The van der Waals surface area contributed by atoms with Crippen molar-refractivity contribution in [3.05, 3.63) is 11.9 Å². The number of nitrogens with one attached hydrogen (secondary N) is 1. The summed E-state index contributed by atoms with van der Waals surface area (Å²) in [6.07, 6.45) is 4.94. The van der Waals surface area contributed by atoms with Crippen molar-refractivity contribution in [1.29, 1.82) is 0 Å². The van der Waals surface area contributed by atoms with Crippen molar-refractivity contribution >= 4 is 11.6 Å². The first-order chi connectivity index (χ1) is 9.20. The Morgan fingerprint density at radius 1 is 1.26 bits per heavy atom. The van der Waals surface area contributed by atoms with Gasteiger partial charge in [-0.05, 0) is 51.7 Å². The molecule has 2 fully saturated rings. The van der Waals surface area contributed by atoms with Gasteiger partial charge in [0.15, 0.2) is 0 Å². The molecule has 0 radical (unpaired) electrons. The van der Waals surface area contributed by atoms with Gasteiger partial charge in [-0.1, -0.05) is 0 Å². The van der Waals surface area contributed by atoms with Crippen LogP contribution in [0.25, 0.3) is 0 Å². The van der Waals surface area contributed by atoms with Crippen molar-refractivity contribution in [3.63, 3.8) is 0 Å². The van der Waals surface area contributed by atoms with E-state index < -0.39 is 0 Å². The zero-order chi connectivity index (χ0) is 13.2. The molecule has 0 amide bonds. The second-order valence-electron chi connectivity index (χ2n) is 5.94. The normalized spacial score (nSPS) is 21.5. The number of aromatic nitrogens is 2. The molecule has 19 heavy (non-hydrogen) atoms. The van der Waals surface area contributed by atoms with Gasteiger partial charge in [-0.25, -0.2) is 9.97 Å². The maximum absolute atomic E-state index is 5.85. The van der Waals surface area contributed by atoms with Crippen LogP contribution in [-0.2, 0) is 0 Å². The molecule has 5 heteroatoms. The molecule has 3 rings (SSSR count). The second kappa shape index (κ2) is 5.33. The lowest BCUT2D eigenvalue weighted by molar-refractivity contribution is 0.226. The maximum atomic E-state index is 5.85. The minimum atomic E-state index is 0.549. The van der Waals surface area contributed by atoms with E-state index in [1.54, 1.807) is 0 Å². The van der Waals surface area contributed by atoms with E-state index in [1.807, 2.05) is 6.07 Å². The summed E-state index contributed by atoms with van der Waals surface area (Å²) in [4.78, 5) is 11.3. The molecule has 0 spiro atoms. The van der Waals surface area contributed by atoms with Crippen molar-refractivity contribution in [1.82, 2.24) is 14.9 Å². The second-order valence-corrected chi connectivity index (χ2v) is 5.94. The number of rotatable bonds is 4. The average molecular weight is 261 g/mol. The summed E-state index contributed by atoms with van der Waals surface area (Å²) in [7, 11) is 2.19. The minimum Gasteiger partial charge on any atom is -0.384 e. The molecule has 0 atom stereocenters. The fourth-order valence-corrected chi connectivity index (χ4v) is 2.62. The number of piperidine rings is 1. The Labute approximate surface area is 114 Å². The van der Waals surface area contributed by atoms with Crippen LogP contribution in [-0.4, -0.2) is 41.5 Å². The molecule has 3 N–H and O–H groups in total. The van der Waals surface area contributed by atoms with E-state index in [2.05, 4.69) is 27.2 Å². The highest BCUT2D eigenvalue weighted by Crippen LogP contribution is 2.38. The quantitative estimate of drug-likeness (QED) is 0.863. The van der Waals surface area contributed by atoms with Crippen LogP contribution in [0.3, 0.4) is 0 Å². The molecule has 1 aliphatic heterocycles. The molecule has 1 aromatic heterocycles. The van der Waals surface area contributed by atoms with E-state index in [-0.39, 0.29) is 0 Å². The summed E-state index contributed by atoms with van der Waals surface area (Å²) in [5.41, 5.74) is 5.85. The SMILES string of the molecule is CN1CCC(CNc2cc(N)nc(C3CC3)n2)CC1. The highest BCUT2D eigenvalue weighted by atomic mass is 15.1. The highest BCUT2D eigenvalue weighted by Gasteiger charge is 2.27. The van der Waals surface area contributed by atoms with E-state index in [4.69, 9.17) is 5.73 Å². The largest absolute Gasteiger partial charge is 0.384 e. The molecule has 1 saturated heterocycles. The number of nitrogens with zero attached hydrogens (tertiary/aromatic N) is 3. The number of nitrogen functional groups attached to an aromatic ring is 1. The summed E-state index contributed by atoms with van der Waals surface area (Å²) >= 11 is 0. The van der Waals surface area contributed by atoms with E-state index in [1.165, 1.54) is 38.8 Å². The third kappa shape index (κ3) is 3.35. The van der Waals surface area contributed by atoms with E-state index in [9.17, 15) is 0 Å². The Hall–Kier alpha value is -1.36. The van der Waals surface area contributed by atoms with Crippen molar-refractivity contribution in [2.75, 3.05) is 37.7 Å². The molecule has 5 nitrogen and oxygen atoms in total. The first kappa shape index (κ1) is 12.7. The van der Waals surface area contributed by atoms with Gasteiger partial charge in [0, 0.05) is 18.5 Å². The molecule has 0 bridgehead atoms. The van der Waals surface area contributed by atoms with E-state index >= 15 is 0 Å². The molecule has 2 heterocycles. The summed E-state index contributed by atoms with van der Waals surface area (Å²) in [6, 6.07) is 1.85. The molecule has 1 saturated carbocycles. The van der Waals surface area contributed by atoms with Gasteiger partial charge in [-0.15, -0.1) is 0 Å².